The van der Waals surface area contributed by atoms with Crippen LogP contribution in [0.25, 0.3) is 0 Å². The number of amides is 2. The lowest BCUT2D eigenvalue weighted by molar-refractivity contribution is 0.0940. The fraction of sp³-hybridized carbons (Fsp3) is 0.474. The zero-order valence-corrected chi connectivity index (χ0v) is 14.9. The van der Waals surface area contributed by atoms with E-state index in [0.717, 1.165) is 37.3 Å². The van der Waals surface area contributed by atoms with Crippen molar-refractivity contribution >= 4 is 11.7 Å². The second kappa shape index (κ2) is 7.37. The minimum atomic E-state index is -0.144. The van der Waals surface area contributed by atoms with Gasteiger partial charge in [-0.1, -0.05) is 18.2 Å². The van der Waals surface area contributed by atoms with Gasteiger partial charge in [-0.3, -0.25) is 4.68 Å². The molecule has 0 spiro atoms. The SMILES string of the molecule is CC1COc2ccccc2CN1C(=O)Nc1cnn(CC2CCCO2)c1. The van der Waals surface area contributed by atoms with Crippen LogP contribution in [0.5, 0.6) is 5.75 Å². The van der Waals surface area contributed by atoms with E-state index < -0.39 is 0 Å². The zero-order chi connectivity index (χ0) is 17.9. The highest BCUT2D eigenvalue weighted by Crippen LogP contribution is 2.25. The zero-order valence-electron chi connectivity index (χ0n) is 14.9. The Morgan fingerprint density at radius 3 is 3.12 bits per heavy atom. The van der Waals surface area contributed by atoms with Crippen LogP contribution in [0.2, 0.25) is 0 Å². The van der Waals surface area contributed by atoms with Crippen LogP contribution in [0.3, 0.4) is 0 Å². The van der Waals surface area contributed by atoms with Gasteiger partial charge >= 0.3 is 6.03 Å². The van der Waals surface area contributed by atoms with Crippen molar-refractivity contribution in [2.45, 2.75) is 45.0 Å². The standard InChI is InChI=1S/C19H24N4O3/c1-14-13-26-18-7-3-2-5-15(18)10-23(14)19(24)21-16-9-20-22(11-16)12-17-6-4-8-25-17/h2-3,5,7,9,11,14,17H,4,6,8,10,12-13H2,1H3,(H,21,24). The molecule has 2 atom stereocenters. The Bertz CT molecular complexity index is 770. The highest BCUT2D eigenvalue weighted by Gasteiger charge is 2.26. The summed E-state index contributed by atoms with van der Waals surface area (Å²) in [7, 11) is 0. The molecule has 1 aromatic carbocycles. The fourth-order valence-electron chi connectivity index (χ4n) is 3.41. The van der Waals surface area contributed by atoms with Crippen molar-refractivity contribution in [3.63, 3.8) is 0 Å². The molecular formula is C19H24N4O3. The summed E-state index contributed by atoms with van der Waals surface area (Å²) in [6.45, 7) is 4.53. The maximum absolute atomic E-state index is 12.8. The topological polar surface area (TPSA) is 68.6 Å². The largest absolute Gasteiger partial charge is 0.491 e. The Labute approximate surface area is 152 Å². The van der Waals surface area contributed by atoms with Crippen molar-refractivity contribution in [1.29, 1.82) is 0 Å². The molecule has 0 aliphatic carbocycles. The average Bonchev–Trinajstić information content (AvgIpc) is 3.27. The second-order valence-corrected chi connectivity index (χ2v) is 6.91. The number of nitrogens with one attached hydrogen (secondary N) is 1. The summed E-state index contributed by atoms with van der Waals surface area (Å²) >= 11 is 0. The normalized spacial score (nSPS) is 22.4. The van der Waals surface area contributed by atoms with E-state index in [1.54, 1.807) is 11.1 Å². The van der Waals surface area contributed by atoms with E-state index in [9.17, 15) is 4.79 Å². The average molecular weight is 356 g/mol. The van der Waals surface area contributed by atoms with Gasteiger partial charge in [-0.15, -0.1) is 0 Å². The van der Waals surface area contributed by atoms with Gasteiger partial charge in [0.15, 0.2) is 0 Å². The lowest BCUT2D eigenvalue weighted by Gasteiger charge is -2.26. The summed E-state index contributed by atoms with van der Waals surface area (Å²) in [4.78, 5) is 14.6. The minimum Gasteiger partial charge on any atom is -0.491 e. The molecule has 7 nitrogen and oxygen atoms in total. The summed E-state index contributed by atoms with van der Waals surface area (Å²) < 4.78 is 13.3. The number of urea groups is 1. The van der Waals surface area contributed by atoms with E-state index in [-0.39, 0.29) is 18.2 Å². The molecule has 1 N–H and O–H groups in total. The van der Waals surface area contributed by atoms with Crippen molar-refractivity contribution in [2.24, 2.45) is 0 Å². The molecule has 0 bridgehead atoms. The van der Waals surface area contributed by atoms with Crippen LogP contribution in [-0.4, -0.2) is 46.1 Å². The van der Waals surface area contributed by atoms with Gasteiger partial charge in [0.25, 0.3) is 0 Å². The quantitative estimate of drug-likeness (QED) is 0.918. The molecule has 2 aliphatic rings. The molecule has 1 fully saturated rings. The van der Waals surface area contributed by atoms with Gasteiger partial charge in [0.05, 0.1) is 37.1 Å². The summed E-state index contributed by atoms with van der Waals surface area (Å²) in [6.07, 6.45) is 5.92. The predicted octanol–water partition coefficient (Wildman–Crippen LogP) is 2.88. The molecule has 2 aromatic rings. The van der Waals surface area contributed by atoms with E-state index in [1.165, 1.54) is 0 Å². The molecule has 138 valence electrons. The molecule has 7 heteroatoms. The maximum atomic E-state index is 12.8. The molecule has 1 aromatic heterocycles. The van der Waals surface area contributed by atoms with Crippen LogP contribution in [0.15, 0.2) is 36.7 Å². The number of para-hydroxylation sites is 1. The van der Waals surface area contributed by atoms with Crippen LogP contribution in [-0.2, 0) is 17.8 Å². The fourth-order valence-corrected chi connectivity index (χ4v) is 3.41. The van der Waals surface area contributed by atoms with E-state index in [2.05, 4.69) is 10.4 Å². The molecule has 0 radical (unpaired) electrons. The number of carbonyl (C=O) groups excluding carboxylic acids is 1. The molecule has 3 heterocycles. The lowest BCUT2D eigenvalue weighted by atomic mass is 10.2. The first-order valence-electron chi connectivity index (χ1n) is 9.11. The molecule has 0 saturated carbocycles. The van der Waals surface area contributed by atoms with E-state index >= 15 is 0 Å². The number of rotatable bonds is 3. The smallest absolute Gasteiger partial charge is 0.322 e. The van der Waals surface area contributed by atoms with Gasteiger partial charge in [0.2, 0.25) is 0 Å². The minimum absolute atomic E-state index is 0.0238. The first-order valence-corrected chi connectivity index (χ1v) is 9.11. The van der Waals surface area contributed by atoms with Crippen molar-refractivity contribution in [3.05, 3.63) is 42.2 Å². The molecule has 2 aliphatic heterocycles. The highest BCUT2D eigenvalue weighted by molar-refractivity contribution is 5.89. The molecule has 2 unspecified atom stereocenters. The number of ether oxygens (including phenoxy) is 2. The van der Waals surface area contributed by atoms with Crippen LogP contribution in [0.4, 0.5) is 10.5 Å². The first kappa shape index (κ1) is 16.9. The van der Waals surface area contributed by atoms with Gasteiger partial charge in [-0.2, -0.15) is 5.10 Å². The number of aromatic nitrogens is 2. The van der Waals surface area contributed by atoms with Gasteiger partial charge < -0.3 is 19.7 Å². The first-order chi connectivity index (χ1) is 12.7. The highest BCUT2D eigenvalue weighted by atomic mass is 16.5. The van der Waals surface area contributed by atoms with E-state index in [1.807, 2.05) is 42.1 Å². The monoisotopic (exact) mass is 356 g/mol. The van der Waals surface area contributed by atoms with Gasteiger partial charge in [0, 0.05) is 18.4 Å². The summed E-state index contributed by atoms with van der Waals surface area (Å²) in [5.41, 5.74) is 1.71. The maximum Gasteiger partial charge on any atom is 0.322 e. The summed E-state index contributed by atoms with van der Waals surface area (Å²) in [5.74, 6) is 0.846. The van der Waals surface area contributed by atoms with E-state index in [0.29, 0.717) is 18.8 Å². The lowest BCUT2D eigenvalue weighted by Crippen LogP contribution is -2.42. The number of anilines is 1. The number of hydrogen-bond donors (Lipinski definition) is 1. The number of carbonyl (C=O) groups is 1. The number of fused-ring (bicyclic) bond motifs is 1. The molecule has 26 heavy (non-hydrogen) atoms. The summed E-state index contributed by atoms with van der Waals surface area (Å²) in [6, 6.07) is 7.68. The third kappa shape index (κ3) is 3.67. The van der Waals surface area contributed by atoms with Gasteiger partial charge in [-0.05, 0) is 25.8 Å². The second-order valence-electron chi connectivity index (χ2n) is 6.91. The Morgan fingerprint density at radius 2 is 2.27 bits per heavy atom. The molecule has 4 rings (SSSR count). The third-order valence-corrected chi connectivity index (χ3v) is 4.89. The van der Waals surface area contributed by atoms with Crippen molar-refractivity contribution in [2.75, 3.05) is 18.5 Å². The van der Waals surface area contributed by atoms with Crippen LogP contribution in [0.1, 0.15) is 25.3 Å². The Hall–Kier alpha value is -2.54. The number of nitrogens with zero attached hydrogens (tertiary/aromatic N) is 3. The van der Waals surface area contributed by atoms with Crippen LogP contribution in [0, 0.1) is 0 Å². The Morgan fingerprint density at radius 1 is 1.38 bits per heavy atom. The van der Waals surface area contributed by atoms with Crippen LogP contribution < -0.4 is 10.1 Å². The molecular weight excluding hydrogens is 332 g/mol. The predicted molar refractivity (Wildman–Crippen MR) is 97.2 cm³/mol. The van der Waals surface area contributed by atoms with Gasteiger partial charge in [0.1, 0.15) is 12.4 Å². The molecule has 1 saturated heterocycles. The van der Waals surface area contributed by atoms with Crippen molar-refractivity contribution < 1.29 is 14.3 Å². The Balaban J connectivity index is 1.41. The number of benzene rings is 1. The van der Waals surface area contributed by atoms with Crippen LogP contribution >= 0.6 is 0 Å². The third-order valence-electron chi connectivity index (χ3n) is 4.89. The van der Waals surface area contributed by atoms with Crippen molar-refractivity contribution in [3.8, 4) is 5.75 Å². The number of hydrogen-bond acceptors (Lipinski definition) is 4. The van der Waals surface area contributed by atoms with Crippen molar-refractivity contribution in [1.82, 2.24) is 14.7 Å². The Kier molecular flexibility index (Phi) is 4.79. The van der Waals surface area contributed by atoms with E-state index in [4.69, 9.17) is 9.47 Å². The van der Waals surface area contributed by atoms with Gasteiger partial charge in [-0.25, -0.2) is 4.79 Å². The molecule has 2 amide bonds. The summed E-state index contributed by atoms with van der Waals surface area (Å²) in [5, 5.41) is 7.28.